The molecule has 3 aromatic carbocycles. The molecule has 1 saturated carbocycles. The van der Waals surface area contributed by atoms with Crippen molar-refractivity contribution in [1.82, 2.24) is 10.4 Å². The number of aromatic nitrogens is 1. The molecule has 5 rings (SSSR count). The number of rotatable bonds is 6. The predicted octanol–water partition coefficient (Wildman–Crippen LogP) is 5.67. The number of hydrogen-bond donors (Lipinski definition) is 1. The number of nitrogens with one attached hydrogen (secondary N) is 1. The molecule has 0 radical (unpaired) electrons. The fourth-order valence-electron chi connectivity index (χ4n) is 3.48. The summed E-state index contributed by atoms with van der Waals surface area (Å²) in [5.74, 6) is 1.69. The molecule has 0 saturated heterocycles. The Morgan fingerprint density at radius 2 is 1.71 bits per heavy atom. The van der Waals surface area contributed by atoms with Gasteiger partial charge in [-0.1, -0.05) is 48.5 Å². The van der Waals surface area contributed by atoms with Gasteiger partial charge in [-0.2, -0.15) is 5.10 Å². The van der Waals surface area contributed by atoms with Gasteiger partial charge in [0.1, 0.15) is 11.5 Å². The topological polar surface area (TPSA) is 63.6 Å². The molecule has 0 spiro atoms. The van der Waals surface area contributed by atoms with Gasteiger partial charge in [-0.15, -0.1) is 0 Å². The number of nitrogens with zero attached hydrogens (tertiary/aromatic N) is 2. The average molecular weight is 407 g/mol. The van der Waals surface area contributed by atoms with E-state index in [-0.39, 0.29) is 5.91 Å². The summed E-state index contributed by atoms with van der Waals surface area (Å²) in [6, 6.07) is 26.8. The maximum absolute atomic E-state index is 12.9. The van der Waals surface area contributed by atoms with Crippen LogP contribution in [0.5, 0.6) is 11.5 Å². The number of hydrogen-bond acceptors (Lipinski definition) is 4. The first-order valence-corrected chi connectivity index (χ1v) is 10.3. The molecular weight excluding hydrogens is 386 g/mol. The van der Waals surface area contributed by atoms with Gasteiger partial charge in [0.25, 0.3) is 5.91 Å². The van der Waals surface area contributed by atoms with Crippen molar-refractivity contribution in [2.24, 2.45) is 5.10 Å². The highest BCUT2D eigenvalue weighted by Crippen LogP contribution is 2.40. The van der Waals surface area contributed by atoms with E-state index in [0.717, 1.165) is 40.8 Å². The van der Waals surface area contributed by atoms with Gasteiger partial charge in [0.05, 0.1) is 17.3 Å². The van der Waals surface area contributed by atoms with Crippen LogP contribution in [-0.4, -0.2) is 17.1 Å². The third kappa shape index (κ3) is 4.46. The molecule has 0 unspecified atom stereocenters. The second-order valence-corrected chi connectivity index (χ2v) is 7.57. The summed E-state index contributed by atoms with van der Waals surface area (Å²) in [4.78, 5) is 17.6. The van der Waals surface area contributed by atoms with Gasteiger partial charge in [-0.3, -0.25) is 9.78 Å². The number of para-hydroxylation sites is 2. The van der Waals surface area contributed by atoms with Crippen molar-refractivity contribution in [3.05, 3.63) is 102 Å². The van der Waals surface area contributed by atoms with Gasteiger partial charge in [-0.25, -0.2) is 5.43 Å². The van der Waals surface area contributed by atoms with Crippen LogP contribution < -0.4 is 10.2 Å². The molecule has 5 nitrogen and oxygen atoms in total. The smallest absolute Gasteiger partial charge is 0.272 e. The Balaban J connectivity index is 1.32. The predicted molar refractivity (Wildman–Crippen MR) is 122 cm³/mol. The zero-order valence-electron chi connectivity index (χ0n) is 16.9. The molecule has 1 N–H and O–H groups in total. The van der Waals surface area contributed by atoms with Crippen LogP contribution >= 0.6 is 0 Å². The van der Waals surface area contributed by atoms with E-state index in [2.05, 4.69) is 10.5 Å². The van der Waals surface area contributed by atoms with Crippen molar-refractivity contribution in [3.63, 3.8) is 0 Å². The molecule has 1 heterocycles. The molecule has 1 aliphatic rings. The van der Waals surface area contributed by atoms with Crippen LogP contribution in [0.25, 0.3) is 10.9 Å². The number of fused-ring (bicyclic) bond motifs is 1. The number of amides is 1. The number of ether oxygens (including phenoxy) is 1. The van der Waals surface area contributed by atoms with Gasteiger partial charge < -0.3 is 4.74 Å². The lowest BCUT2D eigenvalue weighted by molar-refractivity contribution is 0.0956. The first-order chi connectivity index (χ1) is 15.3. The quantitative estimate of drug-likeness (QED) is 0.331. The fourth-order valence-corrected chi connectivity index (χ4v) is 3.48. The SMILES string of the molecule is O=C(NN=Cc1cccc(Oc2ccccc2)c1)c1cc(C2CC2)nc2ccccc12. The van der Waals surface area contributed by atoms with Gasteiger partial charge >= 0.3 is 0 Å². The number of benzene rings is 3. The molecule has 0 atom stereocenters. The van der Waals surface area contributed by atoms with Gasteiger partial charge in [0.15, 0.2) is 0 Å². The molecule has 31 heavy (non-hydrogen) atoms. The van der Waals surface area contributed by atoms with Crippen molar-refractivity contribution >= 4 is 23.0 Å². The summed E-state index contributed by atoms with van der Waals surface area (Å²) in [6.07, 6.45) is 3.87. The minimum absolute atomic E-state index is 0.242. The molecule has 1 aromatic heterocycles. The van der Waals surface area contributed by atoms with Crippen LogP contribution in [0.4, 0.5) is 0 Å². The van der Waals surface area contributed by atoms with Crippen molar-refractivity contribution in [3.8, 4) is 11.5 Å². The van der Waals surface area contributed by atoms with Crippen LogP contribution in [0.1, 0.15) is 40.4 Å². The van der Waals surface area contributed by atoms with Crippen LogP contribution in [0.2, 0.25) is 0 Å². The van der Waals surface area contributed by atoms with Crippen LogP contribution in [-0.2, 0) is 0 Å². The first kappa shape index (κ1) is 19.0. The van der Waals surface area contributed by atoms with Gasteiger partial charge in [-0.05, 0) is 54.8 Å². The van der Waals surface area contributed by atoms with Crippen molar-refractivity contribution < 1.29 is 9.53 Å². The third-order valence-electron chi connectivity index (χ3n) is 5.19. The zero-order chi connectivity index (χ0) is 21.0. The standard InChI is InChI=1S/C26H21N3O2/c30-26(23-16-25(19-13-14-19)28-24-12-5-4-11-22(23)24)29-27-17-18-7-6-10-21(15-18)31-20-8-2-1-3-9-20/h1-12,15-17,19H,13-14H2,(H,29,30). The Labute approximate surface area is 180 Å². The summed E-state index contributed by atoms with van der Waals surface area (Å²) in [6.45, 7) is 0. The monoisotopic (exact) mass is 407 g/mol. The van der Waals surface area contributed by atoms with Gasteiger partial charge in [0.2, 0.25) is 0 Å². The molecular formula is C26H21N3O2. The molecule has 0 aliphatic heterocycles. The lowest BCUT2D eigenvalue weighted by Crippen LogP contribution is -2.18. The van der Waals surface area contributed by atoms with Crippen LogP contribution in [0.15, 0.2) is 90.0 Å². The average Bonchev–Trinajstić information content (AvgIpc) is 3.65. The molecule has 152 valence electrons. The molecule has 1 aliphatic carbocycles. The number of carbonyl (C=O) groups excluding carboxylic acids is 1. The van der Waals surface area contributed by atoms with E-state index in [9.17, 15) is 4.79 Å². The second kappa shape index (κ2) is 8.40. The highest BCUT2D eigenvalue weighted by molar-refractivity contribution is 6.06. The fraction of sp³-hybridized carbons (Fsp3) is 0.115. The zero-order valence-corrected chi connectivity index (χ0v) is 16.9. The number of carbonyl (C=O) groups is 1. The highest BCUT2D eigenvalue weighted by Gasteiger charge is 2.26. The second-order valence-electron chi connectivity index (χ2n) is 7.57. The maximum atomic E-state index is 12.9. The summed E-state index contributed by atoms with van der Waals surface area (Å²) in [5.41, 5.74) is 5.91. The van der Waals surface area contributed by atoms with E-state index in [1.54, 1.807) is 6.21 Å². The lowest BCUT2D eigenvalue weighted by atomic mass is 10.1. The minimum Gasteiger partial charge on any atom is -0.457 e. The summed E-state index contributed by atoms with van der Waals surface area (Å²) in [5, 5.41) is 4.99. The third-order valence-corrected chi connectivity index (χ3v) is 5.19. The van der Waals surface area contributed by atoms with Crippen LogP contribution in [0, 0.1) is 0 Å². The Bertz CT molecular complexity index is 1260. The molecule has 1 amide bonds. The van der Waals surface area contributed by atoms with E-state index >= 15 is 0 Å². The molecule has 1 fully saturated rings. The minimum atomic E-state index is -0.242. The summed E-state index contributed by atoms with van der Waals surface area (Å²) in [7, 11) is 0. The number of pyridine rings is 1. The normalized spacial score (nSPS) is 13.4. The summed E-state index contributed by atoms with van der Waals surface area (Å²) < 4.78 is 5.85. The first-order valence-electron chi connectivity index (χ1n) is 10.3. The molecule has 0 bridgehead atoms. The Morgan fingerprint density at radius 3 is 2.55 bits per heavy atom. The van der Waals surface area contributed by atoms with Crippen molar-refractivity contribution in [2.45, 2.75) is 18.8 Å². The van der Waals surface area contributed by atoms with E-state index in [0.29, 0.717) is 17.2 Å². The maximum Gasteiger partial charge on any atom is 0.272 e. The van der Waals surface area contributed by atoms with E-state index in [1.807, 2.05) is 84.9 Å². The van der Waals surface area contributed by atoms with Crippen molar-refractivity contribution in [1.29, 1.82) is 0 Å². The lowest BCUT2D eigenvalue weighted by Gasteiger charge is -2.08. The van der Waals surface area contributed by atoms with E-state index in [4.69, 9.17) is 9.72 Å². The Kier molecular flexibility index (Phi) is 5.15. The van der Waals surface area contributed by atoms with Crippen LogP contribution in [0.3, 0.4) is 0 Å². The Morgan fingerprint density at radius 1 is 0.935 bits per heavy atom. The highest BCUT2D eigenvalue weighted by atomic mass is 16.5. The molecule has 5 heteroatoms. The van der Waals surface area contributed by atoms with Crippen molar-refractivity contribution in [2.75, 3.05) is 0 Å². The number of hydrazone groups is 1. The Hall–Kier alpha value is -3.99. The molecule has 4 aromatic rings. The largest absolute Gasteiger partial charge is 0.457 e. The van der Waals surface area contributed by atoms with E-state index < -0.39 is 0 Å². The van der Waals surface area contributed by atoms with E-state index in [1.165, 1.54) is 0 Å². The summed E-state index contributed by atoms with van der Waals surface area (Å²) >= 11 is 0. The van der Waals surface area contributed by atoms with Gasteiger partial charge in [0, 0.05) is 17.0 Å².